The lowest BCUT2D eigenvalue weighted by atomic mass is 9.71. The van der Waals surface area contributed by atoms with E-state index in [0.717, 1.165) is 30.2 Å². The first kappa shape index (κ1) is 16.0. The quantitative estimate of drug-likeness (QED) is 0.871. The van der Waals surface area contributed by atoms with E-state index in [0.29, 0.717) is 24.2 Å². The number of halogens is 1. The van der Waals surface area contributed by atoms with Crippen molar-refractivity contribution in [2.75, 3.05) is 11.9 Å². The van der Waals surface area contributed by atoms with Crippen LogP contribution in [0.25, 0.3) is 0 Å². The van der Waals surface area contributed by atoms with Gasteiger partial charge in [-0.2, -0.15) is 5.26 Å². The second kappa shape index (κ2) is 7.06. The lowest BCUT2D eigenvalue weighted by molar-refractivity contribution is -0.118. The Morgan fingerprint density at radius 1 is 1.38 bits per heavy atom. The number of nitrogens with two attached hydrogens (primary N) is 1. The number of rotatable bonds is 4. The Labute approximate surface area is 133 Å². The molecule has 2 rings (SSSR count). The summed E-state index contributed by atoms with van der Waals surface area (Å²) in [5, 5.41) is 12.0. The highest BCUT2D eigenvalue weighted by Crippen LogP contribution is 2.38. The van der Waals surface area contributed by atoms with Gasteiger partial charge in [-0.25, -0.2) is 0 Å². The zero-order chi connectivity index (χ0) is 15.3. The molecular formula is C16H20BrN3O. The Balaban J connectivity index is 2.08. The van der Waals surface area contributed by atoms with Crippen LogP contribution in [0.1, 0.15) is 44.1 Å². The minimum Gasteiger partial charge on any atom is -0.330 e. The molecule has 0 radical (unpaired) electrons. The maximum atomic E-state index is 12.3. The van der Waals surface area contributed by atoms with Gasteiger partial charge in [-0.3, -0.25) is 4.79 Å². The van der Waals surface area contributed by atoms with Crippen LogP contribution in [-0.2, 0) is 4.79 Å². The third-order valence-electron chi connectivity index (χ3n) is 4.26. The number of carbonyl (C=O) groups is 1. The van der Waals surface area contributed by atoms with Gasteiger partial charge in [-0.1, -0.05) is 35.2 Å². The summed E-state index contributed by atoms with van der Waals surface area (Å²) in [5.74, 6) is -0.0584. The fourth-order valence-corrected chi connectivity index (χ4v) is 3.37. The van der Waals surface area contributed by atoms with Gasteiger partial charge in [0.05, 0.1) is 11.3 Å². The molecule has 21 heavy (non-hydrogen) atoms. The maximum absolute atomic E-state index is 12.3. The molecule has 112 valence electrons. The molecule has 1 aromatic carbocycles. The molecule has 1 fully saturated rings. The van der Waals surface area contributed by atoms with E-state index in [-0.39, 0.29) is 11.3 Å². The molecule has 0 unspecified atom stereocenters. The van der Waals surface area contributed by atoms with E-state index in [4.69, 9.17) is 11.0 Å². The van der Waals surface area contributed by atoms with Crippen molar-refractivity contribution in [2.45, 2.75) is 38.5 Å². The molecule has 1 aliphatic rings. The molecule has 4 nitrogen and oxygen atoms in total. The van der Waals surface area contributed by atoms with Crippen molar-refractivity contribution in [3.63, 3.8) is 0 Å². The van der Waals surface area contributed by atoms with Crippen LogP contribution in [0.2, 0.25) is 0 Å². The predicted molar refractivity (Wildman–Crippen MR) is 86.7 cm³/mol. The molecule has 0 atom stereocenters. The van der Waals surface area contributed by atoms with E-state index < -0.39 is 0 Å². The summed E-state index contributed by atoms with van der Waals surface area (Å²) in [6.07, 6.45) is 5.98. The zero-order valence-electron chi connectivity index (χ0n) is 12.0. The van der Waals surface area contributed by atoms with Gasteiger partial charge in [0.2, 0.25) is 5.91 Å². The van der Waals surface area contributed by atoms with Crippen LogP contribution in [0.3, 0.4) is 0 Å². The minimum atomic E-state index is -0.0683. The van der Waals surface area contributed by atoms with Gasteiger partial charge in [-0.15, -0.1) is 0 Å². The number of nitrogens with zero attached hydrogens (tertiary/aromatic N) is 1. The summed E-state index contributed by atoms with van der Waals surface area (Å²) < 4.78 is 0.836. The van der Waals surface area contributed by atoms with Gasteiger partial charge < -0.3 is 11.1 Å². The normalized spacial score (nSPS) is 17.0. The molecule has 1 aliphatic carbocycles. The fraction of sp³-hybridized carbons (Fsp3) is 0.500. The summed E-state index contributed by atoms with van der Waals surface area (Å²) in [4.78, 5) is 12.3. The number of benzene rings is 1. The van der Waals surface area contributed by atoms with E-state index in [9.17, 15) is 4.79 Å². The van der Waals surface area contributed by atoms with Crippen LogP contribution in [0, 0.1) is 16.7 Å². The first-order chi connectivity index (χ1) is 10.1. The number of hydrogen-bond donors (Lipinski definition) is 2. The van der Waals surface area contributed by atoms with E-state index in [1.165, 1.54) is 6.42 Å². The average molecular weight is 350 g/mol. The summed E-state index contributed by atoms with van der Waals surface area (Å²) >= 11 is 3.36. The maximum Gasteiger partial charge on any atom is 0.225 e. The molecule has 0 saturated heterocycles. The van der Waals surface area contributed by atoms with Crippen molar-refractivity contribution in [3.05, 3.63) is 28.2 Å². The van der Waals surface area contributed by atoms with Crippen molar-refractivity contribution in [2.24, 2.45) is 11.1 Å². The summed E-state index contributed by atoms with van der Waals surface area (Å²) in [7, 11) is 0. The van der Waals surface area contributed by atoms with Gasteiger partial charge in [0, 0.05) is 10.9 Å². The smallest absolute Gasteiger partial charge is 0.225 e. The number of hydrogen-bond acceptors (Lipinski definition) is 3. The molecular weight excluding hydrogens is 330 g/mol. The van der Waals surface area contributed by atoms with Crippen LogP contribution < -0.4 is 11.1 Å². The van der Waals surface area contributed by atoms with Crippen molar-refractivity contribution in [1.82, 2.24) is 0 Å². The lowest BCUT2D eigenvalue weighted by Gasteiger charge is -2.35. The highest BCUT2D eigenvalue weighted by molar-refractivity contribution is 9.10. The predicted octanol–water partition coefficient (Wildman–Crippen LogP) is 3.56. The van der Waals surface area contributed by atoms with Crippen molar-refractivity contribution < 1.29 is 4.79 Å². The summed E-state index contributed by atoms with van der Waals surface area (Å²) in [6, 6.07) is 7.33. The number of amides is 1. The summed E-state index contributed by atoms with van der Waals surface area (Å²) in [5.41, 5.74) is 6.88. The zero-order valence-corrected chi connectivity index (χ0v) is 13.6. The number of nitrogens with one attached hydrogen (secondary N) is 1. The van der Waals surface area contributed by atoms with E-state index in [1.54, 1.807) is 18.2 Å². The van der Waals surface area contributed by atoms with Crippen LogP contribution >= 0.6 is 15.9 Å². The van der Waals surface area contributed by atoms with Gasteiger partial charge in [0.1, 0.15) is 6.07 Å². The molecule has 0 aliphatic heterocycles. The fourth-order valence-electron chi connectivity index (χ4n) is 3.01. The van der Waals surface area contributed by atoms with Crippen molar-refractivity contribution in [3.8, 4) is 6.07 Å². The Morgan fingerprint density at radius 3 is 2.71 bits per heavy atom. The number of anilines is 1. The SMILES string of the molecule is N#Cc1ccc(Br)cc1NC(=O)CC1(CN)CCCCC1. The minimum absolute atomic E-state index is 0.0584. The average Bonchev–Trinajstić information content (AvgIpc) is 2.48. The lowest BCUT2D eigenvalue weighted by Crippen LogP contribution is -2.36. The standard InChI is InChI=1S/C16H20BrN3O/c17-13-5-4-12(10-18)14(8-13)20-15(21)9-16(11-19)6-2-1-3-7-16/h4-5,8H,1-3,6-7,9,11,19H2,(H,20,21). The molecule has 1 saturated carbocycles. The van der Waals surface area contributed by atoms with Gasteiger partial charge in [0.15, 0.2) is 0 Å². The second-order valence-corrected chi connectivity index (χ2v) is 6.71. The van der Waals surface area contributed by atoms with Crippen LogP contribution in [0.5, 0.6) is 0 Å². The van der Waals surface area contributed by atoms with Crippen LogP contribution in [-0.4, -0.2) is 12.5 Å². The Bertz CT molecular complexity index is 559. The second-order valence-electron chi connectivity index (χ2n) is 5.79. The number of carbonyl (C=O) groups excluding carboxylic acids is 1. The molecule has 0 heterocycles. The largest absolute Gasteiger partial charge is 0.330 e. The molecule has 0 bridgehead atoms. The third kappa shape index (κ3) is 4.05. The highest BCUT2D eigenvalue weighted by Gasteiger charge is 2.33. The molecule has 0 aromatic heterocycles. The van der Waals surface area contributed by atoms with Gasteiger partial charge >= 0.3 is 0 Å². The third-order valence-corrected chi connectivity index (χ3v) is 4.75. The van der Waals surface area contributed by atoms with Crippen LogP contribution in [0.4, 0.5) is 5.69 Å². The molecule has 0 spiro atoms. The Hall–Kier alpha value is -1.38. The monoisotopic (exact) mass is 349 g/mol. The molecule has 3 N–H and O–H groups in total. The van der Waals surface area contributed by atoms with Gasteiger partial charge in [0.25, 0.3) is 0 Å². The Kier molecular flexibility index (Phi) is 5.38. The van der Waals surface area contributed by atoms with Gasteiger partial charge in [-0.05, 0) is 43.0 Å². The Morgan fingerprint density at radius 2 is 2.10 bits per heavy atom. The van der Waals surface area contributed by atoms with Crippen molar-refractivity contribution in [1.29, 1.82) is 5.26 Å². The molecule has 1 amide bonds. The van der Waals surface area contributed by atoms with E-state index in [2.05, 4.69) is 27.3 Å². The summed E-state index contributed by atoms with van der Waals surface area (Å²) in [6.45, 7) is 0.546. The van der Waals surface area contributed by atoms with Crippen molar-refractivity contribution >= 4 is 27.5 Å². The topological polar surface area (TPSA) is 78.9 Å². The molecule has 5 heteroatoms. The first-order valence-electron chi connectivity index (χ1n) is 7.28. The number of nitriles is 1. The first-order valence-corrected chi connectivity index (χ1v) is 8.07. The van der Waals surface area contributed by atoms with E-state index in [1.807, 2.05) is 0 Å². The highest BCUT2D eigenvalue weighted by atomic mass is 79.9. The van der Waals surface area contributed by atoms with Crippen LogP contribution in [0.15, 0.2) is 22.7 Å². The molecule has 1 aromatic rings. The van der Waals surface area contributed by atoms with E-state index >= 15 is 0 Å².